The Labute approximate surface area is 200 Å². The molecule has 2 heterocycles. The Bertz CT molecular complexity index is 1080. The number of ether oxygens (including phenoxy) is 1. The Kier molecular flexibility index (Phi) is 7.05. The highest BCUT2D eigenvalue weighted by Gasteiger charge is 2.52. The fourth-order valence-electron chi connectivity index (χ4n) is 4.77. The van der Waals surface area contributed by atoms with Crippen molar-refractivity contribution in [1.29, 1.82) is 0 Å². The molecule has 1 fully saturated rings. The van der Waals surface area contributed by atoms with Crippen LogP contribution in [-0.4, -0.2) is 42.3 Å². The fraction of sp³-hybridized carbons (Fsp3) is 0.407. The van der Waals surface area contributed by atoms with E-state index in [1.54, 1.807) is 49.3 Å². The van der Waals surface area contributed by atoms with Gasteiger partial charge in [0.25, 0.3) is 5.91 Å². The van der Waals surface area contributed by atoms with Gasteiger partial charge in [0.05, 0.1) is 19.3 Å². The normalized spacial score (nSPS) is 21.3. The van der Waals surface area contributed by atoms with Crippen LogP contribution in [0.2, 0.25) is 0 Å². The Morgan fingerprint density at radius 3 is 2.59 bits per heavy atom. The number of hydrogen-bond acceptors (Lipinski definition) is 5. The molecule has 2 N–H and O–H groups in total. The number of piperidine rings is 1. The molecule has 0 bridgehead atoms. The smallest absolute Gasteiger partial charge is 0.264 e. The molecular formula is C27H32N2O5. The molecule has 0 radical (unpaired) electrons. The second-order valence-electron chi connectivity index (χ2n) is 8.94. The Morgan fingerprint density at radius 2 is 1.91 bits per heavy atom. The van der Waals surface area contributed by atoms with E-state index in [0.717, 1.165) is 30.6 Å². The van der Waals surface area contributed by atoms with Crippen LogP contribution >= 0.6 is 0 Å². The van der Waals surface area contributed by atoms with Gasteiger partial charge in [0.1, 0.15) is 5.75 Å². The lowest BCUT2D eigenvalue weighted by Gasteiger charge is -2.28. The molecule has 2 aromatic rings. The van der Waals surface area contributed by atoms with E-state index >= 15 is 0 Å². The fourth-order valence-corrected chi connectivity index (χ4v) is 4.77. The Balaban J connectivity index is 1.62. The van der Waals surface area contributed by atoms with Gasteiger partial charge in [-0.05, 0) is 55.2 Å². The maximum Gasteiger partial charge on any atom is 0.264 e. The maximum absolute atomic E-state index is 13.6. The summed E-state index contributed by atoms with van der Waals surface area (Å²) in [7, 11) is 1.55. The number of hydrogen-bond donors (Lipinski definition) is 2. The van der Waals surface area contributed by atoms with Crippen molar-refractivity contribution in [1.82, 2.24) is 0 Å². The second-order valence-corrected chi connectivity index (χ2v) is 8.94. The third-order valence-corrected chi connectivity index (χ3v) is 6.77. The van der Waals surface area contributed by atoms with E-state index in [0.29, 0.717) is 36.4 Å². The Hall–Kier alpha value is -3.16. The molecule has 4 rings (SSSR count). The zero-order valence-electron chi connectivity index (χ0n) is 19.7. The van der Waals surface area contributed by atoms with Gasteiger partial charge in [0.2, 0.25) is 5.91 Å². The summed E-state index contributed by atoms with van der Waals surface area (Å²) in [4.78, 5) is 29.3. The van der Waals surface area contributed by atoms with Crippen molar-refractivity contribution in [2.24, 2.45) is 5.92 Å². The second kappa shape index (κ2) is 9.99. The lowest BCUT2D eigenvalue weighted by Crippen LogP contribution is -2.44. The quantitative estimate of drug-likeness (QED) is 0.584. The monoisotopic (exact) mass is 464 g/mol. The summed E-state index contributed by atoms with van der Waals surface area (Å²) in [5.41, 5.74) is 1.18. The van der Waals surface area contributed by atoms with Gasteiger partial charge < -0.3 is 24.7 Å². The molecule has 0 aromatic heterocycles. The van der Waals surface area contributed by atoms with Crippen LogP contribution in [0.25, 0.3) is 0 Å². The van der Waals surface area contributed by atoms with Crippen LogP contribution in [0.1, 0.15) is 43.7 Å². The van der Waals surface area contributed by atoms with Gasteiger partial charge in [-0.2, -0.15) is 0 Å². The van der Waals surface area contributed by atoms with Gasteiger partial charge >= 0.3 is 0 Å². The first kappa shape index (κ1) is 24.0. The van der Waals surface area contributed by atoms with Gasteiger partial charge in [-0.25, -0.2) is 0 Å². The molecular weight excluding hydrogens is 432 g/mol. The molecule has 0 unspecified atom stereocenters. The van der Waals surface area contributed by atoms with Crippen molar-refractivity contribution in [3.63, 3.8) is 0 Å². The number of amides is 2. The highest BCUT2D eigenvalue weighted by Crippen LogP contribution is 2.47. The lowest BCUT2D eigenvalue weighted by molar-refractivity contribution is -0.139. The highest BCUT2D eigenvalue weighted by atomic mass is 16.5. The van der Waals surface area contributed by atoms with Crippen LogP contribution < -0.4 is 14.5 Å². The average molecular weight is 465 g/mol. The van der Waals surface area contributed by atoms with Gasteiger partial charge in [0, 0.05) is 36.7 Å². The van der Waals surface area contributed by atoms with Crippen molar-refractivity contribution in [3.05, 3.63) is 65.7 Å². The number of benzene rings is 2. The van der Waals surface area contributed by atoms with Crippen LogP contribution in [-0.2, 0) is 21.7 Å². The SMILES string of the molecule is COc1ccc2c(c1)[C@](O)([C@@H](C)/C=C/CCO)C(=O)N2Cc1ccc(N2CCCCC2=O)cc1. The van der Waals surface area contributed by atoms with E-state index < -0.39 is 17.4 Å². The number of anilines is 2. The first-order valence-electron chi connectivity index (χ1n) is 11.8. The summed E-state index contributed by atoms with van der Waals surface area (Å²) in [5.74, 6) is -0.194. The van der Waals surface area contributed by atoms with Crippen molar-refractivity contribution >= 4 is 23.2 Å². The largest absolute Gasteiger partial charge is 0.497 e. The molecule has 34 heavy (non-hydrogen) atoms. The topological polar surface area (TPSA) is 90.3 Å². The molecule has 1 saturated heterocycles. The standard InChI is InChI=1S/C27H32N2O5/c1-19(7-4-6-16-30)27(33)23-17-22(34-2)13-14-24(23)29(26(27)32)18-20-9-11-21(12-10-20)28-15-5-3-8-25(28)31/h4,7,9-14,17,19,30,33H,3,5-6,8,15-16,18H2,1-2H3/b7-4+/t19-,27+/m0/s1. The number of rotatable bonds is 8. The number of carbonyl (C=O) groups is 2. The van der Waals surface area contributed by atoms with Crippen molar-refractivity contribution in [2.75, 3.05) is 30.1 Å². The van der Waals surface area contributed by atoms with E-state index in [2.05, 4.69) is 0 Å². The highest BCUT2D eigenvalue weighted by molar-refractivity contribution is 6.07. The number of aliphatic hydroxyl groups excluding tert-OH is 1. The predicted molar refractivity (Wildman–Crippen MR) is 131 cm³/mol. The third-order valence-electron chi connectivity index (χ3n) is 6.77. The third kappa shape index (κ3) is 4.33. The van der Waals surface area contributed by atoms with Crippen molar-refractivity contribution in [2.45, 2.75) is 44.8 Å². The van der Waals surface area contributed by atoms with Crippen LogP contribution in [0.15, 0.2) is 54.6 Å². The molecule has 2 aliphatic heterocycles. The van der Waals surface area contributed by atoms with E-state index in [4.69, 9.17) is 9.84 Å². The van der Waals surface area contributed by atoms with E-state index in [1.807, 2.05) is 29.2 Å². The number of methoxy groups -OCH3 is 1. The molecule has 7 heteroatoms. The molecule has 180 valence electrons. The van der Waals surface area contributed by atoms with E-state index in [-0.39, 0.29) is 12.5 Å². The molecule has 2 aromatic carbocycles. The zero-order chi connectivity index (χ0) is 24.3. The summed E-state index contributed by atoms with van der Waals surface area (Å²) in [5, 5.41) is 20.8. The van der Waals surface area contributed by atoms with Crippen LogP contribution in [0.4, 0.5) is 11.4 Å². The van der Waals surface area contributed by atoms with Crippen molar-refractivity contribution < 1.29 is 24.5 Å². The number of fused-ring (bicyclic) bond motifs is 1. The summed E-state index contributed by atoms with van der Waals surface area (Å²) in [6.07, 6.45) is 6.51. The number of aliphatic hydroxyl groups is 2. The van der Waals surface area contributed by atoms with Gasteiger partial charge in [-0.1, -0.05) is 31.2 Å². The minimum Gasteiger partial charge on any atom is -0.497 e. The minimum absolute atomic E-state index is 0.00511. The molecule has 2 aliphatic rings. The van der Waals surface area contributed by atoms with Crippen LogP contribution in [0, 0.1) is 5.92 Å². The van der Waals surface area contributed by atoms with E-state index in [9.17, 15) is 14.7 Å². The molecule has 7 nitrogen and oxygen atoms in total. The summed E-state index contributed by atoms with van der Waals surface area (Å²) in [6.45, 7) is 2.82. The minimum atomic E-state index is -1.74. The first-order chi connectivity index (χ1) is 16.4. The van der Waals surface area contributed by atoms with Crippen molar-refractivity contribution in [3.8, 4) is 5.75 Å². The van der Waals surface area contributed by atoms with E-state index in [1.165, 1.54) is 0 Å². The average Bonchev–Trinajstić information content (AvgIpc) is 3.07. The Morgan fingerprint density at radius 1 is 1.15 bits per heavy atom. The molecule has 0 spiro atoms. The first-order valence-corrected chi connectivity index (χ1v) is 11.8. The zero-order valence-corrected chi connectivity index (χ0v) is 19.7. The number of nitrogens with zero attached hydrogens (tertiary/aromatic N) is 2. The van der Waals surface area contributed by atoms with Crippen LogP contribution in [0.3, 0.4) is 0 Å². The van der Waals surface area contributed by atoms with Gasteiger partial charge in [-0.15, -0.1) is 0 Å². The predicted octanol–water partition coefficient (Wildman–Crippen LogP) is 3.52. The molecule has 2 atom stereocenters. The molecule has 0 aliphatic carbocycles. The van der Waals surface area contributed by atoms with Crippen LogP contribution in [0.5, 0.6) is 5.75 Å². The van der Waals surface area contributed by atoms with Gasteiger partial charge in [-0.3, -0.25) is 9.59 Å². The summed E-state index contributed by atoms with van der Waals surface area (Å²) in [6, 6.07) is 13.0. The molecule has 2 amide bonds. The maximum atomic E-state index is 13.6. The summed E-state index contributed by atoms with van der Waals surface area (Å²) < 4.78 is 5.36. The number of carbonyl (C=O) groups excluding carboxylic acids is 2. The van der Waals surface area contributed by atoms with Gasteiger partial charge in [0.15, 0.2) is 5.60 Å². The summed E-state index contributed by atoms with van der Waals surface area (Å²) >= 11 is 0. The lowest BCUT2D eigenvalue weighted by atomic mass is 9.83. The molecule has 0 saturated carbocycles.